The van der Waals surface area contributed by atoms with Crippen molar-refractivity contribution in [3.05, 3.63) is 59.2 Å². The number of aliphatic imine (C=N–C) groups is 1. The number of methoxy groups -OCH3 is 1. The number of nitrogens with one attached hydrogen (secondary N) is 3. The molecule has 7 nitrogen and oxygen atoms in total. The van der Waals surface area contributed by atoms with E-state index in [2.05, 4.69) is 40.9 Å². The van der Waals surface area contributed by atoms with Gasteiger partial charge < -0.3 is 25.8 Å². The van der Waals surface area contributed by atoms with Gasteiger partial charge in [-0.3, -0.25) is 9.79 Å². The number of aryl methyl sites for hydroxylation is 1. The first-order valence-electron chi connectivity index (χ1n) is 10.2. The van der Waals surface area contributed by atoms with E-state index in [1.54, 1.807) is 19.2 Å². The van der Waals surface area contributed by atoms with Gasteiger partial charge in [-0.2, -0.15) is 0 Å². The number of hydrogen-bond donors (Lipinski definition) is 4. The highest BCUT2D eigenvalue weighted by Crippen LogP contribution is 2.25. The molecule has 0 heterocycles. The molecule has 30 heavy (non-hydrogen) atoms. The maximum absolute atomic E-state index is 12.1. The van der Waals surface area contributed by atoms with Gasteiger partial charge in [0, 0.05) is 30.8 Å². The first-order chi connectivity index (χ1) is 14.4. The number of hydrogen-bond acceptors (Lipinski definition) is 4. The Morgan fingerprint density at radius 2 is 2.00 bits per heavy atom. The third-order valence-electron chi connectivity index (χ3n) is 4.55. The fourth-order valence-corrected chi connectivity index (χ4v) is 3.02. The molecule has 1 unspecified atom stereocenters. The fourth-order valence-electron chi connectivity index (χ4n) is 3.02. The minimum atomic E-state index is -0.208. The number of guanidine groups is 1. The molecule has 2 aromatic rings. The molecule has 0 saturated carbocycles. The van der Waals surface area contributed by atoms with Crippen LogP contribution in [0.15, 0.2) is 47.5 Å². The normalized spacial score (nSPS) is 12.2. The van der Waals surface area contributed by atoms with E-state index >= 15 is 0 Å². The van der Waals surface area contributed by atoms with E-state index in [-0.39, 0.29) is 17.7 Å². The van der Waals surface area contributed by atoms with Gasteiger partial charge in [-0.1, -0.05) is 23.8 Å². The van der Waals surface area contributed by atoms with Gasteiger partial charge in [-0.05, 0) is 51.5 Å². The molecule has 0 saturated heterocycles. The Bertz CT molecular complexity index is 867. The Hall–Kier alpha value is -3.22. The van der Waals surface area contributed by atoms with E-state index in [1.807, 2.05) is 19.1 Å². The van der Waals surface area contributed by atoms with Gasteiger partial charge in [0.15, 0.2) is 5.96 Å². The smallest absolute Gasteiger partial charge is 0.251 e. The summed E-state index contributed by atoms with van der Waals surface area (Å²) in [5, 5.41) is 19.0. The third kappa shape index (κ3) is 6.99. The molecule has 4 N–H and O–H groups in total. The van der Waals surface area contributed by atoms with E-state index in [1.165, 1.54) is 17.7 Å². The zero-order chi connectivity index (χ0) is 21.9. The molecule has 1 amide bonds. The van der Waals surface area contributed by atoms with Crippen LogP contribution in [-0.2, 0) is 0 Å². The summed E-state index contributed by atoms with van der Waals surface area (Å²) in [6.07, 6.45) is 0.698. The molecule has 162 valence electrons. The van der Waals surface area contributed by atoms with Crippen molar-refractivity contribution < 1.29 is 14.6 Å². The van der Waals surface area contributed by atoms with Gasteiger partial charge >= 0.3 is 0 Å². The van der Waals surface area contributed by atoms with Gasteiger partial charge in [0.05, 0.1) is 13.2 Å². The number of amides is 1. The molecular weight excluding hydrogens is 380 g/mol. The van der Waals surface area contributed by atoms with Crippen molar-refractivity contribution in [1.82, 2.24) is 16.0 Å². The monoisotopic (exact) mass is 412 g/mol. The molecule has 0 spiro atoms. The van der Waals surface area contributed by atoms with Crippen LogP contribution in [-0.4, -0.2) is 43.7 Å². The lowest BCUT2D eigenvalue weighted by Crippen LogP contribution is -2.39. The van der Waals surface area contributed by atoms with Gasteiger partial charge in [-0.15, -0.1) is 0 Å². The minimum Gasteiger partial charge on any atom is -0.508 e. The first-order valence-corrected chi connectivity index (χ1v) is 10.2. The fraction of sp³-hybridized carbons (Fsp3) is 0.391. The summed E-state index contributed by atoms with van der Waals surface area (Å²) in [7, 11) is 1.67. The molecule has 2 rings (SSSR count). The lowest BCUT2D eigenvalue weighted by atomic mass is 10.0. The number of benzene rings is 2. The van der Waals surface area contributed by atoms with Crippen LogP contribution in [0.3, 0.4) is 0 Å². The van der Waals surface area contributed by atoms with Crippen molar-refractivity contribution in [1.29, 1.82) is 0 Å². The second kappa shape index (κ2) is 11.7. The number of ether oxygens (including phenoxy) is 1. The number of carbonyl (C=O) groups is 1. The average Bonchev–Trinajstić information content (AvgIpc) is 2.73. The molecule has 2 aromatic carbocycles. The zero-order valence-corrected chi connectivity index (χ0v) is 18.2. The molecule has 0 bridgehead atoms. The summed E-state index contributed by atoms with van der Waals surface area (Å²) in [5.74, 6) is 1.42. The van der Waals surface area contributed by atoms with Crippen molar-refractivity contribution in [2.75, 3.05) is 26.7 Å². The number of carbonyl (C=O) groups excluding carboxylic acids is 1. The van der Waals surface area contributed by atoms with E-state index in [0.717, 1.165) is 17.9 Å². The van der Waals surface area contributed by atoms with Gasteiger partial charge in [-0.25, -0.2) is 0 Å². The molecule has 0 aliphatic carbocycles. The van der Waals surface area contributed by atoms with Crippen molar-refractivity contribution in [2.24, 2.45) is 4.99 Å². The number of aromatic hydroxyl groups is 1. The summed E-state index contributed by atoms with van der Waals surface area (Å²) in [6, 6.07) is 12.4. The highest BCUT2D eigenvalue weighted by molar-refractivity contribution is 5.94. The SMILES string of the molecule is CCNC(=NCCCNC(=O)c1cccc(O)c1)NC(C)c1cc(C)ccc1OC. The molecule has 0 aromatic heterocycles. The molecule has 0 radical (unpaired) electrons. The Balaban J connectivity index is 1.88. The van der Waals surface area contributed by atoms with Crippen LogP contribution in [0.1, 0.15) is 47.8 Å². The summed E-state index contributed by atoms with van der Waals surface area (Å²) in [4.78, 5) is 16.7. The van der Waals surface area contributed by atoms with Crippen LogP contribution in [0.25, 0.3) is 0 Å². The second-order valence-corrected chi connectivity index (χ2v) is 7.03. The van der Waals surface area contributed by atoms with Gasteiger partial charge in [0.1, 0.15) is 11.5 Å². The van der Waals surface area contributed by atoms with Crippen molar-refractivity contribution in [3.8, 4) is 11.5 Å². The average molecular weight is 413 g/mol. The van der Waals surface area contributed by atoms with Crippen LogP contribution in [0, 0.1) is 6.92 Å². The highest BCUT2D eigenvalue weighted by atomic mass is 16.5. The summed E-state index contributed by atoms with van der Waals surface area (Å²) >= 11 is 0. The van der Waals surface area contributed by atoms with Gasteiger partial charge in [0.2, 0.25) is 0 Å². The second-order valence-electron chi connectivity index (χ2n) is 7.03. The Kier molecular flexibility index (Phi) is 9.00. The predicted octanol–water partition coefficient (Wildman–Crippen LogP) is 3.15. The molecule has 0 aliphatic rings. The Morgan fingerprint density at radius 1 is 1.20 bits per heavy atom. The Morgan fingerprint density at radius 3 is 2.70 bits per heavy atom. The summed E-state index contributed by atoms with van der Waals surface area (Å²) < 4.78 is 5.49. The first kappa shape index (κ1) is 23.1. The quantitative estimate of drug-likeness (QED) is 0.288. The predicted molar refractivity (Wildman–Crippen MR) is 120 cm³/mol. The zero-order valence-electron chi connectivity index (χ0n) is 18.2. The van der Waals surface area contributed by atoms with E-state index in [9.17, 15) is 9.90 Å². The molecule has 0 fully saturated rings. The largest absolute Gasteiger partial charge is 0.508 e. The van der Waals surface area contributed by atoms with Crippen LogP contribution >= 0.6 is 0 Å². The molecule has 1 atom stereocenters. The highest BCUT2D eigenvalue weighted by Gasteiger charge is 2.13. The van der Waals surface area contributed by atoms with Crippen molar-refractivity contribution in [3.63, 3.8) is 0 Å². The van der Waals surface area contributed by atoms with E-state index < -0.39 is 0 Å². The Labute approximate surface area is 178 Å². The minimum absolute atomic E-state index is 0.0168. The lowest BCUT2D eigenvalue weighted by molar-refractivity contribution is 0.0953. The van der Waals surface area contributed by atoms with E-state index in [4.69, 9.17) is 4.74 Å². The number of phenolic OH excluding ortho intramolecular Hbond substituents is 1. The van der Waals surface area contributed by atoms with Crippen molar-refractivity contribution in [2.45, 2.75) is 33.2 Å². The van der Waals surface area contributed by atoms with Crippen LogP contribution in [0.4, 0.5) is 0 Å². The summed E-state index contributed by atoms with van der Waals surface area (Å²) in [6.45, 7) is 7.95. The van der Waals surface area contributed by atoms with Crippen LogP contribution in [0.2, 0.25) is 0 Å². The molecule has 0 aliphatic heterocycles. The van der Waals surface area contributed by atoms with E-state index in [0.29, 0.717) is 31.0 Å². The summed E-state index contributed by atoms with van der Waals surface area (Å²) in [5.41, 5.74) is 2.68. The number of rotatable bonds is 9. The van der Waals surface area contributed by atoms with Crippen LogP contribution < -0.4 is 20.7 Å². The number of nitrogens with zero attached hydrogens (tertiary/aromatic N) is 1. The topological polar surface area (TPSA) is 95.0 Å². The lowest BCUT2D eigenvalue weighted by Gasteiger charge is -2.20. The third-order valence-corrected chi connectivity index (χ3v) is 4.55. The van der Waals surface area contributed by atoms with Crippen LogP contribution in [0.5, 0.6) is 11.5 Å². The standard InChI is InChI=1S/C23H32N4O3/c1-5-24-23(27-17(3)20-14-16(2)10-11-21(20)30-4)26-13-7-12-25-22(29)18-8-6-9-19(28)15-18/h6,8-11,14-15,17,28H,5,7,12-13H2,1-4H3,(H,25,29)(H2,24,26,27). The number of phenols is 1. The molecular formula is C23H32N4O3. The maximum atomic E-state index is 12.1. The van der Waals surface area contributed by atoms with Crippen molar-refractivity contribution >= 4 is 11.9 Å². The molecule has 7 heteroatoms. The van der Waals surface area contributed by atoms with Gasteiger partial charge in [0.25, 0.3) is 5.91 Å². The maximum Gasteiger partial charge on any atom is 0.251 e.